The molecule has 0 unspecified atom stereocenters. The van der Waals surface area contributed by atoms with Crippen LogP contribution >= 0.6 is 22.6 Å². The van der Waals surface area contributed by atoms with Gasteiger partial charge in [0.25, 0.3) is 5.56 Å². The zero-order chi connectivity index (χ0) is 12.3. The molecule has 0 amide bonds. The molecule has 1 N–H and O–H groups in total. The highest BCUT2D eigenvalue weighted by atomic mass is 127. The SMILES string of the molecule is O=c1c(I)cncn1Cc1ccc(CO)cc1. The number of aromatic nitrogens is 2. The second kappa shape index (κ2) is 5.42. The molecule has 1 aromatic heterocycles. The molecule has 5 heteroatoms. The molecule has 0 aliphatic heterocycles. The number of rotatable bonds is 3. The molecule has 17 heavy (non-hydrogen) atoms. The Hall–Kier alpha value is -1.21. The van der Waals surface area contributed by atoms with Gasteiger partial charge in [-0.05, 0) is 33.7 Å². The van der Waals surface area contributed by atoms with E-state index >= 15 is 0 Å². The topological polar surface area (TPSA) is 55.1 Å². The molecule has 0 aliphatic rings. The Balaban J connectivity index is 2.25. The molecule has 0 saturated carbocycles. The maximum Gasteiger partial charge on any atom is 0.267 e. The van der Waals surface area contributed by atoms with Gasteiger partial charge in [-0.2, -0.15) is 0 Å². The van der Waals surface area contributed by atoms with Gasteiger partial charge in [0.05, 0.1) is 23.0 Å². The standard InChI is InChI=1S/C12H11IN2O2/c13-11-5-14-8-15(12(11)17)6-9-1-3-10(7-16)4-2-9/h1-5,8,16H,6-7H2. The molecule has 1 aromatic carbocycles. The predicted molar refractivity (Wildman–Crippen MR) is 72.7 cm³/mol. The molecule has 0 bridgehead atoms. The monoisotopic (exact) mass is 342 g/mol. The predicted octanol–water partition coefficient (Wildman–Crippen LogP) is 1.39. The first-order chi connectivity index (χ1) is 8.20. The lowest BCUT2D eigenvalue weighted by Gasteiger charge is -2.06. The third kappa shape index (κ3) is 2.92. The lowest BCUT2D eigenvalue weighted by atomic mass is 10.1. The van der Waals surface area contributed by atoms with E-state index in [0.29, 0.717) is 10.1 Å². The van der Waals surface area contributed by atoms with Crippen molar-refractivity contribution in [1.82, 2.24) is 9.55 Å². The van der Waals surface area contributed by atoms with E-state index in [-0.39, 0.29) is 12.2 Å². The Bertz CT molecular complexity index is 563. The van der Waals surface area contributed by atoms with E-state index in [0.717, 1.165) is 11.1 Å². The first-order valence-corrected chi connectivity index (χ1v) is 6.17. The summed E-state index contributed by atoms with van der Waals surface area (Å²) in [5.41, 5.74) is 1.83. The molecule has 88 valence electrons. The third-order valence-corrected chi connectivity index (χ3v) is 3.16. The van der Waals surface area contributed by atoms with E-state index in [1.807, 2.05) is 46.9 Å². The van der Waals surface area contributed by atoms with Crippen LogP contribution in [0, 0.1) is 3.57 Å². The maximum atomic E-state index is 11.8. The van der Waals surface area contributed by atoms with Gasteiger partial charge in [0.15, 0.2) is 0 Å². The first kappa shape index (κ1) is 12.3. The smallest absolute Gasteiger partial charge is 0.267 e. The maximum absolute atomic E-state index is 11.8. The minimum absolute atomic E-state index is 0.0328. The van der Waals surface area contributed by atoms with Gasteiger partial charge in [0.1, 0.15) is 0 Å². The third-order valence-electron chi connectivity index (χ3n) is 2.42. The fourth-order valence-electron chi connectivity index (χ4n) is 1.48. The Morgan fingerprint density at radius 3 is 2.53 bits per heavy atom. The highest BCUT2D eigenvalue weighted by Gasteiger charge is 2.01. The normalized spacial score (nSPS) is 10.5. The van der Waals surface area contributed by atoms with Gasteiger partial charge in [-0.3, -0.25) is 9.36 Å². The van der Waals surface area contributed by atoms with Gasteiger partial charge < -0.3 is 5.11 Å². The number of aliphatic hydroxyl groups is 1. The van der Waals surface area contributed by atoms with E-state index in [1.165, 1.54) is 6.33 Å². The van der Waals surface area contributed by atoms with Gasteiger partial charge in [-0.25, -0.2) is 4.98 Å². The average molecular weight is 342 g/mol. The van der Waals surface area contributed by atoms with Crippen molar-refractivity contribution in [3.05, 3.63) is 61.8 Å². The van der Waals surface area contributed by atoms with Gasteiger partial charge in [-0.1, -0.05) is 24.3 Å². The second-order valence-electron chi connectivity index (χ2n) is 3.65. The zero-order valence-corrected chi connectivity index (χ0v) is 11.2. The van der Waals surface area contributed by atoms with Crippen LogP contribution in [-0.4, -0.2) is 14.7 Å². The van der Waals surface area contributed by atoms with Gasteiger partial charge in [-0.15, -0.1) is 0 Å². The molecule has 0 saturated heterocycles. The fraction of sp³-hybridized carbons (Fsp3) is 0.167. The van der Waals surface area contributed by atoms with Crippen molar-refractivity contribution < 1.29 is 5.11 Å². The van der Waals surface area contributed by atoms with Crippen LogP contribution in [0.5, 0.6) is 0 Å². The van der Waals surface area contributed by atoms with Crippen molar-refractivity contribution in [2.75, 3.05) is 0 Å². The summed E-state index contributed by atoms with van der Waals surface area (Å²) in [5, 5.41) is 8.93. The molecule has 0 atom stereocenters. The summed E-state index contributed by atoms with van der Waals surface area (Å²) in [6.07, 6.45) is 3.08. The Morgan fingerprint density at radius 1 is 1.24 bits per heavy atom. The van der Waals surface area contributed by atoms with E-state index in [9.17, 15) is 4.79 Å². The number of hydrogen-bond acceptors (Lipinski definition) is 3. The van der Waals surface area contributed by atoms with Crippen molar-refractivity contribution in [1.29, 1.82) is 0 Å². The van der Waals surface area contributed by atoms with Crippen LogP contribution < -0.4 is 5.56 Å². The minimum Gasteiger partial charge on any atom is -0.392 e. The summed E-state index contributed by atoms with van der Waals surface area (Å²) in [6.45, 7) is 0.527. The van der Waals surface area contributed by atoms with Crippen LogP contribution in [0.2, 0.25) is 0 Å². The molecular weight excluding hydrogens is 331 g/mol. The number of halogens is 1. The van der Waals surface area contributed by atoms with Crippen LogP contribution in [-0.2, 0) is 13.2 Å². The van der Waals surface area contributed by atoms with Gasteiger partial charge >= 0.3 is 0 Å². The number of hydrogen-bond donors (Lipinski definition) is 1. The van der Waals surface area contributed by atoms with Crippen molar-refractivity contribution in [3.8, 4) is 0 Å². The summed E-state index contributed by atoms with van der Waals surface area (Å²) in [6, 6.07) is 7.50. The van der Waals surface area contributed by atoms with Gasteiger partial charge in [0.2, 0.25) is 0 Å². The first-order valence-electron chi connectivity index (χ1n) is 5.09. The van der Waals surface area contributed by atoms with Crippen LogP contribution in [0.1, 0.15) is 11.1 Å². The highest BCUT2D eigenvalue weighted by molar-refractivity contribution is 14.1. The molecule has 2 aromatic rings. The molecule has 4 nitrogen and oxygen atoms in total. The van der Waals surface area contributed by atoms with E-state index < -0.39 is 0 Å². The Labute approximate surface area is 112 Å². The van der Waals surface area contributed by atoms with Crippen molar-refractivity contribution >= 4 is 22.6 Å². The fourth-order valence-corrected chi connectivity index (χ4v) is 1.95. The molecule has 1 heterocycles. The van der Waals surface area contributed by atoms with E-state index in [2.05, 4.69) is 4.98 Å². The average Bonchev–Trinajstić information content (AvgIpc) is 2.36. The summed E-state index contributed by atoms with van der Waals surface area (Å²) in [7, 11) is 0. The number of aliphatic hydroxyl groups excluding tert-OH is 1. The van der Waals surface area contributed by atoms with E-state index in [4.69, 9.17) is 5.11 Å². The van der Waals surface area contributed by atoms with Crippen LogP contribution in [0.15, 0.2) is 41.6 Å². The number of nitrogens with zero attached hydrogens (tertiary/aromatic N) is 2. The van der Waals surface area contributed by atoms with Crippen molar-refractivity contribution in [2.24, 2.45) is 0 Å². The highest BCUT2D eigenvalue weighted by Crippen LogP contribution is 2.05. The molecular formula is C12H11IN2O2. The lowest BCUT2D eigenvalue weighted by Crippen LogP contribution is -2.22. The molecule has 0 aliphatic carbocycles. The van der Waals surface area contributed by atoms with E-state index in [1.54, 1.807) is 10.8 Å². The zero-order valence-electron chi connectivity index (χ0n) is 9.01. The summed E-state index contributed by atoms with van der Waals surface area (Å²) < 4.78 is 2.17. The second-order valence-corrected chi connectivity index (χ2v) is 4.81. The lowest BCUT2D eigenvalue weighted by molar-refractivity contribution is 0.282. The van der Waals surface area contributed by atoms with Crippen molar-refractivity contribution in [3.63, 3.8) is 0 Å². The quantitative estimate of drug-likeness (QED) is 0.858. The van der Waals surface area contributed by atoms with Crippen LogP contribution in [0.4, 0.5) is 0 Å². The van der Waals surface area contributed by atoms with Crippen molar-refractivity contribution in [2.45, 2.75) is 13.2 Å². The molecule has 0 spiro atoms. The molecule has 0 radical (unpaired) electrons. The minimum atomic E-state index is -0.0353. The largest absolute Gasteiger partial charge is 0.392 e. The van der Waals surface area contributed by atoms with Gasteiger partial charge in [0, 0.05) is 6.20 Å². The number of benzene rings is 1. The summed E-state index contributed by atoms with van der Waals surface area (Å²) >= 11 is 1.98. The summed E-state index contributed by atoms with van der Waals surface area (Å²) in [4.78, 5) is 15.8. The Kier molecular flexibility index (Phi) is 3.90. The molecule has 0 fully saturated rings. The summed E-state index contributed by atoms with van der Waals surface area (Å²) in [5.74, 6) is 0. The molecule has 2 rings (SSSR count). The Morgan fingerprint density at radius 2 is 1.88 bits per heavy atom. The van der Waals surface area contributed by atoms with Crippen LogP contribution in [0.25, 0.3) is 0 Å². The van der Waals surface area contributed by atoms with Crippen LogP contribution in [0.3, 0.4) is 0 Å².